The van der Waals surface area contributed by atoms with Crippen LogP contribution in [0.3, 0.4) is 0 Å². The van der Waals surface area contributed by atoms with Gasteiger partial charge < -0.3 is 5.11 Å². The fourth-order valence-corrected chi connectivity index (χ4v) is 1.75. The number of aliphatic hydroxyl groups is 1. The summed E-state index contributed by atoms with van der Waals surface area (Å²) >= 11 is 0. The topological polar surface area (TPSA) is 50.9 Å². The summed E-state index contributed by atoms with van der Waals surface area (Å²) in [4.78, 5) is 0. The van der Waals surface area contributed by atoms with E-state index < -0.39 is 5.60 Å². The van der Waals surface area contributed by atoms with E-state index >= 15 is 0 Å². The Kier molecular flexibility index (Phi) is 2.75. The molecule has 0 aliphatic carbocycles. The third-order valence-corrected chi connectivity index (χ3v) is 2.59. The van der Waals surface area contributed by atoms with E-state index in [-0.39, 0.29) is 0 Å². The van der Waals surface area contributed by atoms with Gasteiger partial charge in [0, 0.05) is 0 Å². The van der Waals surface area contributed by atoms with Gasteiger partial charge in [0.05, 0.1) is 11.9 Å². The fourth-order valence-electron chi connectivity index (χ4n) is 1.75. The van der Waals surface area contributed by atoms with Crippen LogP contribution < -0.4 is 0 Å². The lowest BCUT2D eigenvalue weighted by Gasteiger charge is -2.11. The Morgan fingerprint density at radius 3 is 2.18 bits per heavy atom. The monoisotopic (exact) mass is 231 g/mol. The second-order valence-corrected chi connectivity index (χ2v) is 4.95. The van der Waals surface area contributed by atoms with Gasteiger partial charge in [-0.25, -0.2) is 4.68 Å². The maximum atomic E-state index is 9.84. The zero-order valence-electron chi connectivity index (χ0n) is 10.6. The van der Waals surface area contributed by atoms with Crippen LogP contribution in [0.15, 0.2) is 24.4 Å². The standard InChI is InChI=1S/C13H17N3O/c1-9-5-10(2)7-11(6-9)16-8-12(14-15-16)13(3,4)17/h5-8,17H,1-4H3. The van der Waals surface area contributed by atoms with Gasteiger partial charge in [-0.1, -0.05) is 11.3 Å². The van der Waals surface area contributed by atoms with Gasteiger partial charge in [-0.3, -0.25) is 0 Å². The largest absolute Gasteiger partial charge is 0.384 e. The summed E-state index contributed by atoms with van der Waals surface area (Å²) in [5.41, 5.74) is 2.93. The summed E-state index contributed by atoms with van der Waals surface area (Å²) in [7, 11) is 0. The average molecular weight is 231 g/mol. The molecule has 0 saturated heterocycles. The first kappa shape index (κ1) is 11.8. The van der Waals surface area contributed by atoms with Crippen LogP contribution in [0.25, 0.3) is 5.69 Å². The molecule has 1 N–H and O–H groups in total. The van der Waals surface area contributed by atoms with E-state index in [1.807, 2.05) is 26.0 Å². The molecule has 0 fully saturated rings. The molecule has 0 aliphatic heterocycles. The zero-order valence-corrected chi connectivity index (χ0v) is 10.6. The van der Waals surface area contributed by atoms with Crippen LogP contribution in [0.1, 0.15) is 30.7 Å². The van der Waals surface area contributed by atoms with Crippen molar-refractivity contribution in [3.8, 4) is 5.69 Å². The van der Waals surface area contributed by atoms with Gasteiger partial charge in [0.25, 0.3) is 0 Å². The van der Waals surface area contributed by atoms with Crippen LogP contribution in [0.4, 0.5) is 0 Å². The summed E-state index contributed by atoms with van der Waals surface area (Å²) in [6, 6.07) is 6.18. The Bertz CT molecular complexity index is 518. The summed E-state index contributed by atoms with van der Waals surface area (Å²) < 4.78 is 1.69. The molecule has 17 heavy (non-hydrogen) atoms. The van der Waals surface area contributed by atoms with Gasteiger partial charge in [-0.05, 0) is 51.0 Å². The van der Waals surface area contributed by atoms with Crippen LogP contribution in [-0.2, 0) is 5.60 Å². The van der Waals surface area contributed by atoms with Crippen molar-refractivity contribution >= 4 is 0 Å². The van der Waals surface area contributed by atoms with Gasteiger partial charge in [0.15, 0.2) is 0 Å². The van der Waals surface area contributed by atoms with Crippen LogP contribution in [0.5, 0.6) is 0 Å². The molecular weight excluding hydrogens is 214 g/mol. The van der Waals surface area contributed by atoms with E-state index in [1.54, 1.807) is 24.7 Å². The summed E-state index contributed by atoms with van der Waals surface area (Å²) in [5.74, 6) is 0. The van der Waals surface area contributed by atoms with Crippen LogP contribution in [0.2, 0.25) is 0 Å². The normalized spacial score (nSPS) is 11.8. The van der Waals surface area contributed by atoms with Gasteiger partial charge in [-0.15, -0.1) is 5.10 Å². The van der Waals surface area contributed by atoms with Crippen molar-refractivity contribution in [3.05, 3.63) is 41.2 Å². The molecule has 0 bridgehead atoms. The number of nitrogens with zero attached hydrogens (tertiary/aromatic N) is 3. The highest BCUT2D eigenvalue weighted by atomic mass is 16.3. The Labute approximate surface area is 101 Å². The Morgan fingerprint density at radius 1 is 1.12 bits per heavy atom. The lowest BCUT2D eigenvalue weighted by atomic mass is 10.1. The molecule has 1 heterocycles. The molecule has 1 aromatic heterocycles. The summed E-state index contributed by atoms with van der Waals surface area (Å²) in [5, 5.41) is 17.9. The fraction of sp³-hybridized carbons (Fsp3) is 0.385. The number of aryl methyl sites for hydroxylation is 2. The highest BCUT2D eigenvalue weighted by Gasteiger charge is 2.20. The predicted octanol–water partition coefficient (Wildman–Crippen LogP) is 2.11. The molecule has 2 aromatic rings. The minimum Gasteiger partial charge on any atom is -0.384 e. The van der Waals surface area contributed by atoms with Crippen molar-refractivity contribution in [2.45, 2.75) is 33.3 Å². The summed E-state index contributed by atoms with van der Waals surface area (Å²) in [6.07, 6.45) is 1.76. The molecule has 4 heteroatoms. The van der Waals surface area contributed by atoms with Gasteiger partial charge >= 0.3 is 0 Å². The van der Waals surface area contributed by atoms with Crippen molar-refractivity contribution in [2.24, 2.45) is 0 Å². The number of benzene rings is 1. The Balaban J connectivity index is 2.44. The van der Waals surface area contributed by atoms with E-state index in [9.17, 15) is 5.11 Å². The van der Waals surface area contributed by atoms with Gasteiger partial charge in [0.1, 0.15) is 11.3 Å². The van der Waals surface area contributed by atoms with Crippen molar-refractivity contribution < 1.29 is 5.11 Å². The molecule has 0 unspecified atom stereocenters. The van der Waals surface area contributed by atoms with Crippen molar-refractivity contribution in [1.29, 1.82) is 0 Å². The molecular formula is C13H17N3O. The van der Waals surface area contributed by atoms with Crippen molar-refractivity contribution in [1.82, 2.24) is 15.0 Å². The van der Waals surface area contributed by atoms with E-state index in [0.29, 0.717) is 5.69 Å². The molecule has 1 aromatic carbocycles. The average Bonchev–Trinajstić information content (AvgIpc) is 2.63. The smallest absolute Gasteiger partial charge is 0.114 e. The SMILES string of the molecule is Cc1cc(C)cc(-n2cc(C(C)(C)O)nn2)c1. The third kappa shape index (κ3) is 2.53. The molecule has 0 amide bonds. The minimum atomic E-state index is -0.961. The number of aromatic nitrogens is 3. The van der Waals surface area contributed by atoms with Crippen LogP contribution >= 0.6 is 0 Å². The van der Waals surface area contributed by atoms with E-state index in [4.69, 9.17) is 0 Å². The molecule has 4 nitrogen and oxygen atoms in total. The van der Waals surface area contributed by atoms with Crippen molar-refractivity contribution in [3.63, 3.8) is 0 Å². The van der Waals surface area contributed by atoms with E-state index in [1.165, 1.54) is 11.1 Å². The maximum Gasteiger partial charge on any atom is 0.114 e. The third-order valence-electron chi connectivity index (χ3n) is 2.59. The zero-order chi connectivity index (χ0) is 12.6. The first-order valence-electron chi connectivity index (χ1n) is 5.60. The molecule has 0 spiro atoms. The highest BCUT2D eigenvalue weighted by Crippen LogP contribution is 2.18. The van der Waals surface area contributed by atoms with Gasteiger partial charge in [0.2, 0.25) is 0 Å². The number of rotatable bonds is 2. The molecule has 0 aliphatic rings. The molecule has 0 atom stereocenters. The second-order valence-electron chi connectivity index (χ2n) is 4.95. The predicted molar refractivity (Wildman–Crippen MR) is 66.1 cm³/mol. The quantitative estimate of drug-likeness (QED) is 0.861. The molecule has 0 saturated carbocycles. The minimum absolute atomic E-state index is 0.566. The van der Waals surface area contributed by atoms with Crippen LogP contribution in [0, 0.1) is 13.8 Å². The van der Waals surface area contributed by atoms with Crippen molar-refractivity contribution in [2.75, 3.05) is 0 Å². The number of hydrogen-bond acceptors (Lipinski definition) is 3. The molecule has 90 valence electrons. The second kappa shape index (κ2) is 3.96. The van der Waals surface area contributed by atoms with E-state index in [2.05, 4.69) is 16.4 Å². The lowest BCUT2D eigenvalue weighted by Crippen LogP contribution is -2.15. The summed E-state index contributed by atoms with van der Waals surface area (Å²) in [6.45, 7) is 7.49. The first-order valence-corrected chi connectivity index (χ1v) is 5.60. The van der Waals surface area contributed by atoms with Gasteiger partial charge in [-0.2, -0.15) is 0 Å². The van der Waals surface area contributed by atoms with E-state index in [0.717, 1.165) is 5.69 Å². The maximum absolute atomic E-state index is 9.84. The lowest BCUT2D eigenvalue weighted by molar-refractivity contribution is 0.0737. The van der Waals surface area contributed by atoms with Crippen LogP contribution in [-0.4, -0.2) is 20.1 Å². The molecule has 0 radical (unpaired) electrons. The Morgan fingerprint density at radius 2 is 1.71 bits per heavy atom. The number of hydrogen-bond donors (Lipinski definition) is 1. The molecule has 2 rings (SSSR count). The highest BCUT2D eigenvalue weighted by molar-refractivity contribution is 5.38. The first-order chi connectivity index (χ1) is 7.86. The Hall–Kier alpha value is -1.68.